The van der Waals surface area contributed by atoms with Crippen molar-refractivity contribution in [1.82, 2.24) is 10.2 Å². The Bertz CT molecular complexity index is 716. The molecular formula is C19H19ClN2O2. The average molecular weight is 343 g/mol. The van der Waals surface area contributed by atoms with Gasteiger partial charge in [0.15, 0.2) is 0 Å². The molecule has 0 spiro atoms. The van der Waals surface area contributed by atoms with Crippen molar-refractivity contribution in [2.75, 3.05) is 13.1 Å². The predicted molar refractivity (Wildman–Crippen MR) is 95.8 cm³/mol. The van der Waals surface area contributed by atoms with E-state index in [0.29, 0.717) is 23.7 Å². The van der Waals surface area contributed by atoms with Crippen LogP contribution in [-0.2, 0) is 11.3 Å². The van der Waals surface area contributed by atoms with Crippen molar-refractivity contribution < 1.29 is 9.59 Å². The maximum atomic E-state index is 12.4. The Labute approximate surface area is 146 Å². The van der Waals surface area contributed by atoms with E-state index in [2.05, 4.69) is 11.9 Å². The zero-order valence-electron chi connectivity index (χ0n) is 13.2. The summed E-state index contributed by atoms with van der Waals surface area (Å²) in [5.74, 6) is -0.550. The lowest BCUT2D eigenvalue weighted by Gasteiger charge is -2.21. The van der Waals surface area contributed by atoms with Gasteiger partial charge in [-0.1, -0.05) is 60.1 Å². The van der Waals surface area contributed by atoms with Gasteiger partial charge in [0.05, 0.1) is 17.1 Å². The molecule has 0 bridgehead atoms. The van der Waals surface area contributed by atoms with Gasteiger partial charge in [0.1, 0.15) is 0 Å². The number of carbonyl (C=O) groups is 2. The summed E-state index contributed by atoms with van der Waals surface area (Å²) in [5, 5.41) is 2.97. The van der Waals surface area contributed by atoms with Gasteiger partial charge in [0, 0.05) is 13.1 Å². The molecule has 0 heterocycles. The summed E-state index contributed by atoms with van der Waals surface area (Å²) in [5.41, 5.74) is 1.37. The largest absolute Gasteiger partial charge is 0.343 e. The lowest BCUT2D eigenvalue weighted by molar-refractivity contribution is -0.130. The summed E-state index contributed by atoms with van der Waals surface area (Å²) in [7, 11) is 0. The van der Waals surface area contributed by atoms with Crippen molar-refractivity contribution in [2.45, 2.75) is 6.54 Å². The average Bonchev–Trinajstić information content (AvgIpc) is 2.60. The van der Waals surface area contributed by atoms with Crippen molar-refractivity contribution in [3.8, 4) is 0 Å². The molecule has 0 unspecified atom stereocenters. The fourth-order valence-corrected chi connectivity index (χ4v) is 2.44. The second-order valence-corrected chi connectivity index (χ2v) is 5.62. The first-order valence-electron chi connectivity index (χ1n) is 7.57. The molecule has 0 aliphatic heterocycles. The molecule has 24 heavy (non-hydrogen) atoms. The predicted octanol–water partition coefficient (Wildman–Crippen LogP) is 3.28. The van der Waals surface area contributed by atoms with Gasteiger partial charge < -0.3 is 10.2 Å². The van der Waals surface area contributed by atoms with Crippen molar-refractivity contribution in [1.29, 1.82) is 0 Å². The standard InChI is InChI=1S/C19H19ClN2O2/c1-2-12-22(14-15-8-4-3-5-9-15)18(23)13-21-19(24)16-10-6-7-11-17(16)20/h2-11H,1,12-14H2,(H,21,24). The summed E-state index contributed by atoms with van der Waals surface area (Å²) < 4.78 is 0. The van der Waals surface area contributed by atoms with Crippen LogP contribution in [0.2, 0.25) is 5.02 Å². The number of amides is 2. The molecular weight excluding hydrogens is 324 g/mol. The first-order valence-corrected chi connectivity index (χ1v) is 7.95. The van der Waals surface area contributed by atoms with Gasteiger partial charge in [-0.25, -0.2) is 0 Å². The number of nitrogens with zero attached hydrogens (tertiary/aromatic N) is 1. The molecule has 1 N–H and O–H groups in total. The molecule has 2 aromatic carbocycles. The Morgan fingerprint density at radius 2 is 1.75 bits per heavy atom. The molecule has 0 saturated heterocycles. The van der Waals surface area contributed by atoms with Crippen LogP contribution in [0.1, 0.15) is 15.9 Å². The molecule has 0 aliphatic carbocycles. The minimum Gasteiger partial charge on any atom is -0.343 e. The van der Waals surface area contributed by atoms with Crippen LogP contribution in [0.25, 0.3) is 0 Å². The number of carbonyl (C=O) groups excluding carboxylic acids is 2. The van der Waals surface area contributed by atoms with Gasteiger partial charge in [-0.05, 0) is 17.7 Å². The van der Waals surface area contributed by atoms with Crippen molar-refractivity contribution in [2.24, 2.45) is 0 Å². The highest BCUT2D eigenvalue weighted by Crippen LogP contribution is 2.14. The summed E-state index contributed by atoms with van der Waals surface area (Å²) in [6.07, 6.45) is 1.66. The smallest absolute Gasteiger partial charge is 0.253 e. The van der Waals surface area contributed by atoms with Gasteiger partial charge in [-0.15, -0.1) is 6.58 Å². The topological polar surface area (TPSA) is 49.4 Å². The number of benzene rings is 2. The lowest BCUT2D eigenvalue weighted by atomic mass is 10.2. The van der Waals surface area contributed by atoms with Crippen molar-refractivity contribution >= 4 is 23.4 Å². The van der Waals surface area contributed by atoms with E-state index in [0.717, 1.165) is 5.56 Å². The Morgan fingerprint density at radius 3 is 2.42 bits per heavy atom. The van der Waals surface area contributed by atoms with E-state index in [1.807, 2.05) is 30.3 Å². The Morgan fingerprint density at radius 1 is 1.08 bits per heavy atom. The molecule has 2 rings (SSSR count). The quantitative estimate of drug-likeness (QED) is 0.785. The highest BCUT2D eigenvalue weighted by molar-refractivity contribution is 6.33. The Hall–Kier alpha value is -2.59. The van der Waals surface area contributed by atoms with Gasteiger partial charge in [-0.2, -0.15) is 0 Å². The van der Waals surface area contributed by atoms with E-state index < -0.39 is 0 Å². The SMILES string of the molecule is C=CCN(Cc1ccccc1)C(=O)CNC(=O)c1ccccc1Cl. The number of nitrogens with one attached hydrogen (secondary N) is 1. The Kier molecular flexibility index (Phi) is 6.58. The second kappa shape index (κ2) is 8.89. The fraction of sp³-hybridized carbons (Fsp3) is 0.158. The summed E-state index contributed by atoms with van der Waals surface area (Å²) in [6, 6.07) is 16.4. The van der Waals surface area contributed by atoms with Gasteiger partial charge >= 0.3 is 0 Å². The maximum absolute atomic E-state index is 12.4. The number of rotatable bonds is 7. The van der Waals surface area contributed by atoms with Gasteiger partial charge in [0.2, 0.25) is 5.91 Å². The highest BCUT2D eigenvalue weighted by atomic mass is 35.5. The summed E-state index contributed by atoms with van der Waals surface area (Å²) in [4.78, 5) is 26.1. The monoisotopic (exact) mass is 342 g/mol. The van der Waals surface area contributed by atoms with E-state index in [4.69, 9.17) is 11.6 Å². The minimum absolute atomic E-state index is 0.0925. The van der Waals surface area contributed by atoms with Gasteiger partial charge in [-0.3, -0.25) is 9.59 Å². The van der Waals surface area contributed by atoms with E-state index >= 15 is 0 Å². The van der Waals surface area contributed by atoms with E-state index in [1.165, 1.54) is 0 Å². The molecule has 2 aromatic rings. The van der Waals surface area contributed by atoms with Crippen LogP contribution in [-0.4, -0.2) is 29.8 Å². The zero-order chi connectivity index (χ0) is 17.4. The van der Waals surface area contributed by atoms with Gasteiger partial charge in [0.25, 0.3) is 5.91 Å². The molecule has 0 fully saturated rings. The highest BCUT2D eigenvalue weighted by Gasteiger charge is 2.15. The minimum atomic E-state index is -0.368. The first-order chi connectivity index (χ1) is 11.6. The Balaban J connectivity index is 1.96. The van der Waals surface area contributed by atoms with E-state index in [1.54, 1.807) is 35.2 Å². The normalized spacial score (nSPS) is 10.0. The third kappa shape index (κ3) is 4.96. The maximum Gasteiger partial charge on any atom is 0.253 e. The molecule has 0 aliphatic rings. The molecule has 0 aromatic heterocycles. The van der Waals surface area contributed by atoms with Crippen LogP contribution in [0, 0.1) is 0 Å². The molecule has 2 amide bonds. The van der Waals surface area contributed by atoms with E-state index in [-0.39, 0.29) is 18.4 Å². The lowest BCUT2D eigenvalue weighted by Crippen LogP contribution is -2.40. The first kappa shape index (κ1) is 17.8. The van der Waals surface area contributed by atoms with Crippen LogP contribution in [0.4, 0.5) is 0 Å². The fourth-order valence-electron chi connectivity index (χ4n) is 2.22. The molecule has 0 saturated carbocycles. The van der Waals surface area contributed by atoms with Crippen LogP contribution in [0.5, 0.6) is 0 Å². The van der Waals surface area contributed by atoms with Crippen LogP contribution >= 0.6 is 11.6 Å². The zero-order valence-corrected chi connectivity index (χ0v) is 14.0. The number of hydrogen-bond donors (Lipinski definition) is 1. The molecule has 0 atom stereocenters. The number of halogens is 1. The molecule has 0 radical (unpaired) electrons. The van der Waals surface area contributed by atoms with Crippen molar-refractivity contribution in [3.63, 3.8) is 0 Å². The second-order valence-electron chi connectivity index (χ2n) is 5.21. The molecule has 5 heteroatoms. The van der Waals surface area contributed by atoms with Crippen LogP contribution in [0.15, 0.2) is 67.3 Å². The third-order valence-corrected chi connectivity index (χ3v) is 3.77. The van der Waals surface area contributed by atoms with Crippen LogP contribution in [0.3, 0.4) is 0 Å². The molecule has 4 nitrogen and oxygen atoms in total. The van der Waals surface area contributed by atoms with E-state index in [9.17, 15) is 9.59 Å². The van der Waals surface area contributed by atoms with Crippen LogP contribution < -0.4 is 5.32 Å². The summed E-state index contributed by atoms with van der Waals surface area (Å²) >= 11 is 5.98. The summed E-state index contributed by atoms with van der Waals surface area (Å²) in [6.45, 7) is 4.47. The van der Waals surface area contributed by atoms with Crippen molar-refractivity contribution in [3.05, 3.63) is 83.4 Å². The molecule has 124 valence electrons. The third-order valence-electron chi connectivity index (χ3n) is 3.44. The number of hydrogen-bond acceptors (Lipinski definition) is 2.